The second-order valence-corrected chi connectivity index (χ2v) is 12.2. The Morgan fingerprint density at radius 2 is 1.70 bits per heavy atom. The van der Waals surface area contributed by atoms with Crippen molar-refractivity contribution in [1.82, 2.24) is 5.32 Å². The summed E-state index contributed by atoms with van der Waals surface area (Å²) in [5.74, 6) is 0.726. The number of anilines is 1. The molecule has 196 valence electrons. The standard InChI is InChI=1S/C29H34N2O5S/c1-20-10-13-22(14-11-20)37(33,34)31-19-27(36-26-15-12-21(2)18-24(26)31)28(32)30-16-17-35-25-9-7-6-8-23(25)29(3,4)5/h6-15,18,27H,16-17,19H2,1-5H3,(H,30,32). The van der Waals surface area contributed by atoms with Crippen molar-refractivity contribution in [3.05, 3.63) is 83.4 Å². The number of ether oxygens (including phenoxy) is 2. The van der Waals surface area contributed by atoms with E-state index in [1.807, 2.05) is 44.2 Å². The van der Waals surface area contributed by atoms with E-state index in [-0.39, 0.29) is 30.0 Å². The van der Waals surface area contributed by atoms with E-state index in [9.17, 15) is 13.2 Å². The SMILES string of the molecule is Cc1ccc(S(=O)(=O)N2CC(C(=O)NCCOc3ccccc3C(C)(C)C)Oc3ccc(C)cc32)cc1. The van der Waals surface area contributed by atoms with Gasteiger partial charge in [0.2, 0.25) is 0 Å². The van der Waals surface area contributed by atoms with Gasteiger partial charge in [-0.25, -0.2) is 8.42 Å². The van der Waals surface area contributed by atoms with Gasteiger partial charge in [0.25, 0.3) is 15.9 Å². The van der Waals surface area contributed by atoms with Gasteiger partial charge in [-0.2, -0.15) is 0 Å². The molecule has 1 aliphatic heterocycles. The summed E-state index contributed by atoms with van der Waals surface area (Å²) in [6, 6.07) is 19.8. The molecule has 1 aliphatic rings. The first-order valence-electron chi connectivity index (χ1n) is 12.3. The zero-order chi connectivity index (χ0) is 26.8. The van der Waals surface area contributed by atoms with E-state index in [0.29, 0.717) is 11.4 Å². The molecule has 0 fully saturated rings. The van der Waals surface area contributed by atoms with Crippen LogP contribution < -0.4 is 19.1 Å². The number of hydrogen-bond donors (Lipinski definition) is 1. The molecule has 3 aromatic carbocycles. The second kappa shape index (κ2) is 10.5. The number of sulfonamides is 1. The Bertz CT molecular complexity index is 1380. The van der Waals surface area contributed by atoms with Gasteiger partial charge in [0.1, 0.15) is 18.1 Å². The molecule has 1 unspecified atom stereocenters. The topological polar surface area (TPSA) is 84.9 Å². The van der Waals surface area contributed by atoms with Crippen molar-refractivity contribution < 1.29 is 22.7 Å². The molecular weight excluding hydrogens is 488 g/mol. The number of carbonyl (C=O) groups excluding carboxylic acids is 1. The van der Waals surface area contributed by atoms with E-state index in [1.165, 1.54) is 4.31 Å². The maximum atomic E-state index is 13.6. The van der Waals surface area contributed by atoms with Crippen LogP contribution >= 0.6 is 0 Å². The van der Waals surface area contributed by atoms with Crippen LogP contribution in [0.3, 0.4) is 0 Å². The van der Waals surface area contributed by atoms with Gasteiger partial charge in [-0.15, -0.1) is 0 Å². The quantitative estimate of drug-likeness (QED) is 0.453. The zero-order valence-corrected chi connectivity index (χ0v) is 22.8. The van der Waals surface area contributed by atoms with E-state index in [2.05, 4.69) is 26.1 Å². The van der Waals surface area contributed by atoms with Crippen LogP contribution in [0.25, 0.3) is 0 Å². The maximum Gasteiger partial charge on any atom is 0.264 e. The van der Waals surface area contributed by atoms with E-state index >= 15 is 0 Å². The molecule has 3 aromatic rings. The van der Waals surface area contributed by atoms with Crippen LogP contribution in [0, 0.1) is 13.8 Å². The van der Waals surface area contributed by atoms with Crippen molar-refractivity contribution in [2.45, 2.75) is 51.0 Å². The first-order valence-corrected chi connectivity index (χ1v) is 13.8. The lowest BCUT2D eigenvalue weighted by atomic mass is 9.86. The number of aryl methyl sites for hydroxylation is 2. The summed E-state index contributed by atoms with van der Waals surface area (Å²) in [5, 5.41) is 2.83. The smallest absolute Gasteiger partial charge is 0.264 e. The lowest BCUT2D eigenvalue weighted by Gasteiger charge is -2.35. The summed E-state index contributed by atoms with van der Waals surface area (Å²) < 4.78 is 40.3. The minimum atomic E-state index is -3.91. The fourth-order valence-corrected chi connectivity index (χ4v) is 5.69. The van der Waals surface area contributed by atoms with Crippen molar-refractivity contribution >= 4 is 21.6 Å². The number of rotatable bonds is 7. The van der Waals surface area contributed by atoms with E-state index in [1.54, 1.807) is 36.4 Å². The Labute approximate surface area is 219 Å². The summed E-state index contributed by atoms with van der Waals surface area (Å²) in [4.78, 5) is 13.2. The van der Waals surface area contributed by atoms with Crippen LogP contribution in [0.15, 0.2) is 71.6 Å². The minimum absolute atomic E-state index is 0.0755. The highest BCUT2D eigenvalue weighted by atomic mass is 32.2. The van der Waals surface area contributed by atoms with E-state index in [0.717, 1.165) is 22.4 Å². The molecule has 0 saturated carbocycles. The van der Waals surface area contributed by atoms with Crippen molar-refractivity contribution in [3.63, 3.8) is 0 Å². The molecule has 0 aliphatic carbocycles. The van der Waals surface area contributed by atoms with Gasteiger partial charge in [-0.3, -0.25) is 9.10 Å². The number of fused-ring (bicyclic) bond motifs is 1. The normalized spacial score (nSPS) is 15.5. The van der Waals surface area contributed by atoms with Crippen molar-refractivity contribution in [2.24, 2.45) is 0 Å². The molecule has 0 spiro atoms. The van der Waals surface area contributed by atoms with Gasteiger partial charge < -0.3 is 14.8 Å². The van der Waals surface area contributed by atoms with Crippen LogP contribution in [0.1, 0.15) is 37.5 Å². The molecule has 37 heavy (non-hydrogen) atoms. The Kier molecular flexibility index (Phi) is 7.50. The van der Waals surface area contributed by atoms with Crippen LogP contribution in [0.2, 0.25) is 0 Å². The van der Waals surface area contributed by atoms with Crippen LogP contribution in [-0.4, -0.2) is 40.1 Å². The van der Waals surface area contributed by atoms with Crippen LogP contribution in [0.5, 0.6) is 11.5 Å². The first-order chi connectivity index (χ1) is 17.5. The third-order valence-corrected chi connectivity index (χ3v) is 8.03. The van der Waals surface area contributed by atoms with Gasteiger partial charge in [-0.05, 0) is 60.7 Å². The van der Waals surface area contributed by atoms with Crippen molar-refractivity contribution in [2.75, 3.05) is 24.0 Å². The Morgan fingerprint density at radius 1 is 1.03 bits per heavy atom. The highest BCUT2D eigenvalue weighted by molar-refractivity contribution is 7.92. The van der Waals surface area contributed by atoms with E-state index < -0.39 is 22.0 Å². The van der Waals surface area contributed by atoms with Gasteiger partial charge >= 0.3 is 0 Å². The number of nitrogens with one attached hydrogen (secondary N) is 1. The fourth-order valence-electron chi connectivity index (χ4n) is 4.22. The summed E-state index contributed by atoms with van der Waals surface area (Å²) >= 11 is 0. The summed E-state index contributed by atoms with van der Waals surface area (Å²) in [6.07, 6.45) is -1.00. The third kappa shape index (κ3) is 5.91. The van der Waals surface area contributed by atoms with Gasteiger partial charge in [0.15, 0.2) is 6.10 Å². The number of benzene rings is 3. The number of para-hydroxylation sites is 1. The highest BCUT2D eigenvalue weighted by Crippen LogP contribution is 2.38. The first kappa shape index (κ1) is 26.5. The van der Waals surface area contributed by atoms with Gasteiger partial charge in [-0.1, -0.05) is 62.7 Å². The van der Waals surface area contributed by atoms with Crippen molar-refractivity contribution in [1.29, 1.82) is 0 Å². The minimum Gasteiger partial charge on any atom is -0.491 e. The molecule has 0 bridgehead atoms. The molecule has 1 heterocycles. The fraction of sp³-hybridized carbons (Fsp3) is 0.345. The molecule has 0 saturated heterocycles. The number of nitrogens with zero attached hydrogens (tertiary/aromatic N) is 1. The Hall–Kier alpha value is -3.52. The molecule has 1 atom stereocenters. The number of carbonyl (C=O) groups is 1. The average Bonchev–Trinajstić information content (AvgIpc) is 2.85. The molecule has 0 radical (unpaired) electrons. The molecule has 1 amide bonds. The Morgan fingerprint density at radius 3 is 2.41 bits per heavy atom. The predicted molar refractivity (Wildman–Crippen MR) is 145 cm³/mol. The number of hydrogen-bond acceptors (Lipinski definition) is 5. The zero-order valence-electron chi connectivity index (χ0n) is 21.9. The summed E-state index contributed by atoms with van der Waals surface area (Å²) in [5.41, 5.74) is 3.28. The second-order valence-electron chi connectivity index (χ2n) is 10.3. The number of amides is 1. The van der Waals surface area contributed by atoms with Gasteiger partial charge in [0, 0.05) is 0 Å². The summed E-state index contributed by atoms with van der Waals surface area (Å²) in [6.45, 7) is 10.5. The highest BCUT2D eigenvalue weighted by Gasteiger charge is 2.37. The lowest BCUT2D eigenvalue weighted by Crippen LogP contribution is -2.51. The lowest BCUT2D eigenvalue weighted by molar-refractivity contribution is -0.127. The monoisotopic (exact) mass is 522 g/mol. The molecule has 1 N–H and O–H groups in total. The average molecular weight is 523 g/mol. The molecule has 7 nitrogen and oxygen atoms in total. The maximum absolute atomic E-state index is 13.6. The largest absolute Gasteiger partial charge is 0.491 e. The third-order valence-electron chi connectivity index (χ3n) is 6.24. The molecular formula is C29H34N2O5S. The summed E-state index contributed by atoms with van der Waals surface area (Å²) in [7, 11) is -3.91. The molecule has 4 rings (SSSR count). The predicted octanol–water partition coefficient (Wildman–Crippen LogP) is 4.75. The van der Waals surface area contributed by atoms with Crippen molar-refractivity contribution in [3.8, 4) is 11.5 Å². The molecule has 8 heteroatoms. The Balaban J connectivity index is 1.48. The molecule has 0 aromatic heterocycles. The van der Waals surface area contributed by atoms with Crippen LogP contribution in [-0.2, 0) is 20.2 Å². The van der Waals surface area contributed by atoms with E-state index in [4.69, 9.17) is 9.47 Å². The van der Waals surface area contributed by atoms with Crippen LogP contribution in [0.4, 0.5) is 5.69 Å². The van der Waals surface area contributed by atoms with Gasteiger partial charge in [0.05, 0.1) is 23.7 Å².